The summed E-state index contributed by atoms with van der Waals surface area (Å²) in [6.45, 7) is 3.60. The van der Waals surface area contributed by atoms with Crippen molar-refractivity contribution in [3.8, 4) is 0 Å². The third-order valence-corrected chi connectivity index (χ3v) is 4.90. The van der Waals surface area contributed by atoms with Gasteiger partial charge in [-0.2, -0.15) is 0 Å². The Balaban J connectivity index is 1.34. The Kier molecular flexibility index (Phi) is 5.78. The highest BCUT2D eigenvalue weighted by Gasteiger charge is 2.24. The van der Waals surface area contributed by atoms with E-state index in [1.54, 1.807) is 0 Å². The fourth-order valence-electron chi connectivity index (χ4n) is 2.75. The second kappa shape index (κ2) is 8.02. The zero-order chi connectivity index (χ0) is 15.2. The molecule has 0 radical (unpaired) electrons. The first-order valence-electron chi connectivity index (χ1n) is 7.66. The van der Waals surface area contributed by atoms with Crippen molar-refractivity contribution in [2.75, 3.05) is 19.7 Å². The van der Waals surface area contributed by atoms with E-state index in [2.05, 4.69) is 44.8 Å². The second-order valence-electron chi connectivity index (χ2n) is 5.60. The minimum absolute atomic E-state index is 0.334. The molecule has 0 spiro atoms. The summed E-state index contributed by atoms with van der Waals surface area (Å²) in [4.78, 5) is 2.34. The maximum atomic E-state index is 6.05. The maximum absolute atomic E-state index is 6.05. The maximum Gasteiger partial charge on any atom is 0.138 e. The van der Waals surface area contributed by atoms with Crippen LogP contribution in [0.3, 0.4) is 0 Å². The van der Waals surface area contributed by atoms with E-state index in [9.17, 15) is 0 Å². The molecular weight excluding hydrogens is 318 g/mol. The molecule has 3 rings (SSSR count). The molecule has 22 heavy (non-hydrogen) atoms. The quantitative estimate of drug-likeness (QED) is 0.726. The molecule has 1 fully saturated rings. The Morgan fingerprint density at radius 3 is 2.95 bits per heavy atom. The van der Waals surface area contributed by atoms with E-state index in [1.807, 2.05) is 0 Å². The predicted molar refractivity (Wildman–Crippen MR) is 89.3 cm³/mol. The molecule has 0 unspecified atom stereocenters. The first-order valence-corrected chi connectivity index (χ1v) is 8.81. The number of aryl methyl sites for hydroxylation is 1. The third-order valence-electron chi connectivity index (χ3n) is 3.92. The van der Waals surface area contributed by atoms with Gasteiger partial charge in [-0.25, -0.2) is 0 Å². The van der Waals surface area contributed by atoms with Gasteiger partial charge < -0.3 is 4.74 Å². The van der Waals surface area contributed by atoms with Gasteiger partial charge in [0.25, 0.3) is 0 Å². The number of nitrogens with zero attached hydrogens (tertiary/aromatic N) is 3. The van der Waals surface area contributed by atoms with Crippen LogP contribution in [-0.2, 0) is 17.7 Å². The van der Waals surface area contributed by atoms with Crippen LogP contribution >= 0.6 is 23.1 Å². The van der Waals surface area contributed by atoms with E-state index in [-0.39, 0.29) is 0 Å². The van der Waals surface area contributed by atoms with Crippen LogP contribution in [0.2, 0.25) is 4.34 Å². The molecule has 2 heterocycles. The van der Waals surface area contributed by atoms with Crippen molar-refractivity contribution in [2.24, 2.45) is 0 Å². The summed E-state index contributed by atoms with van der Waals surface area (Å²) in [5, 5.41) is 4.07. The number of aromatic nitrogens is 2. The summed E-state index contributed by atoms with van der Waals surface area (Å²) in [5.41, 5.74) is 2.27. The van der Waals surface area contributed by atoms with Gasteiger partial charge in [-0.05, 0) is 24.8 Å². The fourth-order valence-corrected chi connectivity index (χ4v) is 3.36. The molecule has 118 valence electrons. The zero-order valence-corrected chi connectivity index (χ0v) is 14.0. The lowest BCUT2D eigenvalue weighted by Crippen LogP contribution is -2.23. The van der Waals surface area contributed by atoms with E-state index >= 15 is 0 Å². The molecular formula is C16H20ClN3OS. The van der Waals surface area contributed by atoms with Gasteiger partial charge in [0, 0.05) is 37.8 Å². The van der Waals surface area contributed by atoms with Gasteiger partial charge in [-0.3, -0.25) is 4.90 Å². The van der Waals surface area contributed by atoms with Crippen molar-refractivity contribution < 1.29 is 4.74 Å². The minimum Gasteiger partial charge on any atom is -0.377 e. The largest absolute Gasteiger partial charge is 0.377 e. The molecule has 1 aliphatic rings. The molecule has 1 aromatic carbocycles. The Labute approximate surface area is 140 Å². The minimum atomic E-state index is 0.334. The van der Waals surface area contributed by atoms with Crippen molar-refractivity contribution >= 4 is 23.1 Å². The molecule has 2 aromatic rings. The van der Waals surface area contributed by atoms with Crippen molar-refractivity contribution in [2.45, 2.75) is 31.9 Å². The summed E-state index contributed by atoms with van der Waals surface area (Å²) in [5.74, 6) is 0. The number of halogens is 1. The number of hydrogen-bond acceptors (Lipinski definition) is 5. The number of benzene rings is 1. The number of ether oxygens (including phenoxy) is 1. The van der Waals surface area contributed by atoms with Crippen LogP contribution < -0.4 is 0 Å². The standard InChI is InChI=1S/C16H20ClN3OS/c17-16-15(18-19-22-16)12-20-9-8-14(11-20)21-10-4-7-13-5-2-1-3-6-13/h1-3,5-6,14H,4,7-12H2/t14-/m0/s1. The summed E-state index contributed by atoms with van der Waals surface area (Å²) >= 11 is 7.30. The average Bonchev–Trinajstić information content (AvgIpc) is 3.15. The normalized spacial score (nSPS) is 18.9. The highest BCUT2D eigenvalue weighted by Crippen LogP contribution is 2.22. The van der Waals surface area contributed by atoms with Gasteiger partial charge in [0.1, 0.15) is 10.0 Å². The molecule has 1 atom stereocenters. The summed E-state index contributed by atoms with van der Waals surface area (Å²) < 4.78 is 10.6. The topological polar surface area (TPSA) is 38.2 Å². The molecule has 1 aliphatic heterocycles. The Morgan fingerprint density at radius 1 is 1.32 bits per heavy atom. The summed E-state index contributed by atoms with van der Waals surface area (Å²) in [7, 11) is 0. The van der Waals surface area contributed by atoms with Gasteiger partial charge in [0.2, 0.25) is 0 Å². The number of likely N-dealkylation sites (tertiary alicyclic amines) is 1. The molecule has 1 aromatic heterocycles. The van der Waals surface area contributed by atoms with E-state index in [0.29, 0.717) is 10.4 Å². The molecule has 1 saturated heterocycles. The van der Waals surface area contributed by atoms with E-state index < -0.39 is 0 Å². The monoisotopic (exact) mass is 337 g/mol. The van der Waals surface area contributed by atoms with Crippen molar-refractivity contribution in [3.63, 3.8) is 0 Å². The second-order valence-corrected chi connectivity index (χ2v) is 6.96. The molecule has 0 amide bonds. The van der Waals surface area contributed by atoms with E-state index in [1.165, 1.54) is 17.1 Å². The lowest BCUT2D eigenvalue weighted by Gasteiger charge is -2.15. The van der Waals surface area contributed by atoms with Crippen LogP contribution in [0.15, 0.2) is 30.3 Å². The number of rotatable bonds is 7. The zero-order valence-electron chi connectivity index (χ0n) is 12.4. The van der Waals surface area contributed by atoms with Crippen molar-refractivity contribution in [3.05, 3.63) is 45.9 Å². The van der Waals surface area contributed by atoms with Crippen LogP contribution in [-0.4, -0.2) is 40.3 Å². The molecule has 0 bridgehead atoms. The summed E-state index contributed by atoms with van der Waals surface area (Å²) in [6, 6.07) is 10.6. The van der Waals surface area contributed by atoms with Crippen LogP contribution in [0.25, 0.3) is 0 Å². The molecule has 4 nitrogen and oxygen atoms in total. The van der Waals surface area contributed by atoms with E-state index in [4.69, 9.17) is 16.3 Å². The average molecular weight is 338 g/mol. The van der Waals surface area contributed by atoms with Gasteiger partial charge in [-0.15, -0.1) is 5.10 Å². The number of hydrogen-bond donors (Lipinski definition) is 0. The first kappa shape index (κ1) is 15.9. The van der Waals surface area contributed by atoms with Crippen LogP contribution in [0.1, 0.15) is 24.1 Å². The Bertz CT molecular complexity index is 578. The first-order chi connectivity index (χ1) is 10.8. The fraction of sp³-hybridized carbons (Fsp3) is 0.500. The Morgan fingerprint density at radius 2 is 2.18 bits per heavy atom. The molecule has 0 saturated carbocycles. The highest BCUT2D eigenvalue weighted by molar-refractivity contribution is 7.10. The van der Waals surface area contributed by atoms with Crippen molar-refractivity contribution in [1.29, 1.82) is 0 Å². The van der Waals surface area contributed by atoms with Crippen LogP contribution in [0.5, 0.6) is 0 Å². The van der Waals surface area contributed by atoms with Gasteiger partial charge in [-0.1, -0.05) is 46.4 Å². The smallest absolute Gasteiger partial charge is 0.138 e. The summed E-state index contributed by atoms with van der Waals surface area (Å²) in [6.07, 6.45) is 3.57. The van der Waals surface area contributed by atoms with Crippen LogP contribution in [0, 0.1) is 0 Å². The third kappa shape index (κ3) is 4.49. The Hall–Kier alpha value is -1.01. The van der Waals surface area contributed by atoms with E-state index in [0.717, 1.165) is 51.2 Å². The lowest BCUT2D eigenvalue weighted by atomic mass is 10.1. The van der Waals surface area contributed by atoms with Gasteiger partial charge in [0.15, 0.2) is 0 Å². The SMILES string of the molecule is Clc1snnc1CN1CC[C@H](OCCCc2ccccc2)C1. The predicted octanol–water partition coefficient (Wildman–Crippen LogP) is 3.42. The van der Waals surface area contributed by atoms with Crippen LogP contribution in [0.4, 0.5) is 0 Å². The van der Waals surface area contributed by atoms with Crippen molar-refractivity contribution in [1.82, 2.24) is 14.5 Å². The molecule has 0 aliphatic carbocycles. The molecule has 0 N–H and O–H groups in total. The highest BCUT2D eigenvalue weighted by atomic mass is 35.5. The molecule has 6 heteroatoms. The van der Waals surface area contributed by atoms with Gasteiger partial charge >= 0.3 is 0 Å². The lowest BCUT2D eigenvalue weighted by molar-refractivity contribution is 0.0570. The van der Waals surface area contributed by atoms with Gasteiger partial charge in [0.05, 0.1) is 6.10 Å².